The Hall–Kier alpha value is -2.33. The molecule has 0 aliphatic rings. The van der Waals surface area contributed by atoms with Crippen molar-refractivity contribution >= 4 is 29.1 Å². The van der Waals surface area contributed by atoms with E-state index in [-0.39, 0.29) is 18.4 Å². The largest absolute Gasteiger partial charge is 0.343 e. The number of carbonyl (C=O) groups is 2. The Labute approximate surface area is 134 Å². The van der Waals surface area contributed by atoms with Gasteiger partial charge in [-0.1, -0.05) is 35.4 Å². The molecule has 0 spiro atoms. The van der Waals surface area contributed by atoms with Crippen molar-refractivity contribution in [2.24, 2.45) is 0 Å². The number of rotatable bonds is 4. The van der Waals surface area contributed by atoms with Crippen molar-refractivity contribution in [1.82, 2.24) is 5.32 Å². The molecule has 2 aromatic carbocycles. The Morgan fingerprint density at radius 2 is 1.77 bits per heavy atom. The molecule has 0 heterocycles. The maximum Gasteiger partial charge on any atom is 0.251 e. The molecule has 2 amide bonds. The summed E-state index contributed by atoms with van der Waals surface area (Å²) in [5, 5.41) is 5.72. The van der Waals surface area contributed by atoms with E-state index < -0.39 is 0 Å². The lowest BCUT2D eigenvalue weighted by Crippen LogP contribution is -2.32. The maximum atomic E-state index is 11.9. The number of nitrogens with one attached hydrogen (secondary N) is 2. The van der Waals surface area contributed by atoms with Crippen molar-refractivity contribution < 1.29 is 9.59 Å². The van der Waals surface area contributed by atoms with E-state index in [0.29, 0.717) is 16.3 Å². The Balaban J connectivity index is 1.91. The summed E-state index contributed by atoms with van der Waals surface area (Å²) in [6.45, 7) is 3.71. The summed E-state index contributed by atoms with van der Waals surface area (Å²) >= 11 is 6.05. The first kappa shape index (κ1) is 16.0. The molecule has 2 rings (SSSR count). The van der Waals surface area contributed by atoms with Gasteiger partial charge in [-0.05, 0) is 43.7 Å². The fourth-order valence-corrected chi connectivity index (χ4v) is 2.25. The van der Waals surface area contributed by atoms with E-state index in [1.807, 2.05) is 26.0 Å². The number of amides is 2. The van der Waals surface area contributed by atoms with Gasteiger partial charge in [0.25, 0.3) is 5.91 Å². The highest BCUT2D eigenvalue weighted by Gasteiger charge is 2.09. The van der Waals surface area contributed by atoms with Gasteiger partial charge in [0.2, 0.25) is 5.91 Å². The summed E-state index contributed by atoms with van der Waals surface area (Å²) in [7, 11) is 0. The Kier molecular flexibility index (Phi) is 5.17. The van der Waals surface area contributed by atoms with Crippen molar-refractivity contribution in [3.63, 3.8) is 0 Å². The second kappa shape index (κ2) is 7.09. The van der Waals surface area contributed by atoms with Crippen LogP contribution in [0.1, 0.15) is 21.5 Å². The SMILES string of the molecule is Cc1cccc(C(=O)NCC(=O)Nc2ccc(C)cc2Cl)c1. The second-order valence-corrected chi connectivity index (χ2v) is 5.49. The summed E-state index contributed by atoms with van der Waals surface area (Å²) in [5.41, 5.74) is 3.06. The molecule has 0 radical (unpaired) electrons. The fourth-order valence-electron chi connectivity index (χ4n) is 1.96. The van der Waals surface area contributed by atoms with E-state index in [4.69, 9.17) is 11.6 Å². The van der Waals surface area contributed by atoms with Crippen molar-refractivity contribution in [2.45, 2.75) is 13.8 Å². The van der Waals surface area contributed by atoms with Gasteiger partial charge in [0.15, 0.2) is 0 Å². The summed E-state index contributed by atoms with van der Waals surface area (Å²) in [4.78, 5) is 23.8. The molecule has 0 saturated carbocycles. The molecular weight excluding hydrogens is 300 g/mol. The van der Waals surface area contributed by atoms with Gasteiger partial charge in [0, 0.05) is 5.56 Å². The number of halogens is 1. The van der Waals surface area contributed by atoms with E-state index in [0.717, 1.165) is 11.1 Å². The molecule has 114 valence electrons. The molecule has 0 aromatic heterocycles. The van der Waals surface area contributed by atoms with Crippen molar-refractivity contribution in [2.75, 3.05) is 11.9 Å². The molecule has 0 saturated heterocycles. The second-order valence-electron chi connectivity index (χ2n) is 5.08. The van der Waals surface area contributed by atoms with Crippen LogP contribution in [0.5, 0.6) is 0 Å². The van der Waals surface area contributed by atoms with Crippen molar-refractivity contribution in [1.29, 1.82) is 0 Å². The number of hydrogen-bond donors (Lipinski definition) is 2. The molecule has 2 aromatic rings. The molecule has 0 aliphatic heterocycles. The van der Waals surface area contributed by atoms with Crippen LogP contribution in [0.4, 0.5) is 5.69 Å². The van der Waals surface area contributed by atoms with Gasteiger partial charge in [-0.3, -0.25) is 9.59 Å². The lowest BCUT2D eigenvalue weighted by molar-refractivity contribution is -0.115. The average molecular weight is 317 g/mol. The molecule has 0 atom stereocenters. The Bertz CT molecular complexity index is 714. The highest BCUT2D eigenvalue weighted by atomic mass is 35.5. The number of hydrogen-bond acceptors (Lipinski definition) is 2. The number of anilines is 1. The first-order valence-electron chi connectivity index (χ1n) is 6.86. The van der Waals surface area contributed by atoms with Gasteiger partial charge in [0.1, 0.15) is 0 Å². The van der Waals surface area contributed by atoms with Crippen LogP contribution in [0.3, 0.4) is 0 Å². The van der Waals surface area contributed by atoms with Crippen molar-refractivity contribution in [3.05, 3.63) is 64.2 Å². The van der Waals surface area contributed by atoms with E-state index >= 15 is 0 Å². The van der Waals surface area contributed by atoms with Crippen LogP contribution < -0.4 is 10.6 Å². The summed E-state index contributed by atoms with van der Waals surface area (Å²) < 4.78 is 0. The van der Waals surface area contributed by atoms with Gasteiger partial charge in [-0.15, -0.1) is 0 Å². The monoisotopic (exact) mass is 316 g/mol. The van der Waals surface area contributed by atoms with Crippen LogP contribution in [0.15, 0.2) is 42.5 Å². The summed E-state index contributed by atoms with van der Waals surface area (Å²) in [5.74, 6) is -0.611. The van der Waals surface area contributed by atoms with Crippen molar-refractivity contribution in [3.8, 4) is 0 Å². The topological polar surface area (TPSA) is 58.2 Å². The van der Waals surface area contributed by atoms with E-state index in [1.54, 1.807) is 30.3 Å². The molecule has 0 bridgehead atoms. The summed E-state index contributed by atoms with van der Waals surface area (Å²) in [6, 6.07) is 12.5. The Morgan fingerprint density at radius 3 is 2.45 bits per heavy atom. The number of aryl methyl sites for hydroxylation is 2. The van der Waals surface area contributed by atoms with E-state index in [2.05, 4.69) is 10.6 Å². The lowest BCUT2D eigenvalue weighted by atomic mass is 10.1. The summed E-state index contributed by atoms with van der Waals surface area (Å²) in [6.07, 6.45) is 0. The highest BCUT2D eigenvalue weighted by molar-refractivity contribution is 6.33. The zero-order chi connectivity index (χ0) is 16.1. The Morgan fingerprint density at radius 1 is 1.05 bits per heavy atom. The normalized spacial score (nSPS) is 10.1. The van der Waals surface area contributed by atoms with Gasteiger partial charge >= 0.3 is 0 Å². The van der Waals surface area contributed by atoms with E-state index in [1.165, 1.54) is 0 Å². The van der Waals surface area contributed by atoms with E-state index in [9.17, 15) is 9.59 Å². The lowest BCUT2D eigenvalue weighted by Gasteiger charge is -2.09. The molecule has 0 unspecified atom stereocenters. The number of benzene rings is 2. The first-order chi connectivity index (χ1) is 10.5. The third-order valence-corrected chi connectivity index (χ3v) is 3.40. The predicted molar refractivity (Wildman–Crippen MR) is 88.3 cm³/mol. The van der Waals surface area contributed by atoms with Crippen LogP contribution in [0, 0.1) is 13.8 Å². The molecular formula is C17H17ClN2O2. The average Bonchev–Trinajstić information content (AvgIpc) is 2.47. The van der Waals surface area contributed by atoms with Crippen LogP contribution >= 0.6 is 11.6 Å². The fraction of sp³-hybridized carbons (Fsp3) is 0.176. The molecule has 22 heavy (non-hydrogen) atoms. The predicted octanol–water partition coefficient (Wildman–Crippen LogP) is 3.33. The molecule has 0 aliphatic carbocycles. The number of carbonyl (C=O) groups excluding carboxylic acids is 2. The molecule has 2 N–H and O–H groups in total. The maximum absolute atomic E-state index is 11.9. The zero-order valence-corrected chi connectivity index (χ0v) is 13.2. The smallest absolute Gasteiger partial charge is 0.251 e. The van der Waals surface area contributed by atoms with Gasteiger partial charge in [0.05, 0.1) is 17.3 Å². The van der Waals surface area contributed by atoms with Crippen LogP contribution in [0.25, 0.3) is 0 Å². The first-order valence-corrected chi connectivity index (χ1v) is 7.24. The molecule has 0 fully saturated rings. The van der Waals surface area contributed by atoms with Crippen LogP contribution in [0.2, 0.25) is 5.02 Å². The molecule has 4 nitrogen and oxygen atoms in total. The highest BCUT2D eigenvalue weighted by Crippen LogP contribution is 2.22. The minimum atomic E-state index is -0.327. The third kappa shape index (κ3) is 4.33. The zero-order valence-electron chi connectivity index (χ0n) is 12.4. The van der Waals surface area contributed by atoms with Crippen LogP contribution in [-0.2, 0) is 4.79 Å². The minimum Gasteiger partial charge on any atom is -0.343 e. The minimum absolute atomic E-state index is 0.114. The van der Waals surface area contributed by atoms with Gasteiger partial charge in [-0.25, -0.2) is 0 Å². The quantitative estimate of drug-likeness (QED) is 0.909. The van der Waals surface area contributed by atoms with Crippen LogP contribution in [-0.4, -0.2) is 18.4 Å². The third-order valence-electron chi connectivity index (χ3n) is 3.09. The molecule has 5 heteroatoms. The van der Waals surface area contributed by atoms with Gasteiger partial charge in [-0.2, -0.15) is 0 Å². The standard InChI is InChI=1S/C17H17ClN2O2/c1-11-4-3-5-13(8-11)17(22)19-10-16(21)20-15-7-6-12(2)9-14(15)18/h3-9H,10H2,1-2H3,(H,19,22)(H,20,21). The van der Waals surface area contributed by atoms with Gasteiger partial charge < -0.3 is 10.6 Å².